The molecule has 5 N–H and O–H groups in total. The lowest BCUT2D eigenvalue weighted by atomic mass is 9.98. The molecule has 36 heavy (non-hydrogen) atoms. The molecule has 192 valence electrons. The highest BCUT2D eigenvalue weighted by Gasteiger charge is 2.38. The van der Waals surface area contributed by atoms with E-state index in [4.69, 9.17) is 10.3 Å². The Morgan fingerprint density at radius 1 is 0.833 bits per heavy atom. The molecule has 0 spiro atoms. The molecular formula is C21H21F3N6O4S2. The van der Waals surface area contributed by atoms with Gasteiger partial charge in [-0.15, -0.1) is 0 Å². The average Bonchev–Trinajstić information content (AvgIpc) is 2.82. The smallest absolute Gasteiger partial charge is 0.353 e. The van der Waals surface area contributed by atoms with E-state index in [1.807, 2.05) is 0 Å². The van der Waals surface area contributed by atoms with Crippen molar-refractivity contribution in [2.45, 2.75) is 16.0 Å². The second-order valence-corrected chi connectivity index (χ2v) is 11.1. The van der Waals surface area contributed by atoms with Gasteiger partial charge in [0.1, 0.15) is 5.82 Å². The highest BCUT2D eigenvalue weighted by Crippen LogP contribution is 2.41. The number of nitrogens with one attached hydrogen (secondary N) is 1. The largest absolute Gasteiger partial charge is 0.451 e. The number of nitrogens with zero attached hydrogens (tertiary/aromatic N) is 3. The van der Waals surface area contributed by atoms with Crippen LogP contribution in [0.5, 0.6) is 0 Å². The third-order valence-electron chi connectivity index (χ3n) is 5.45. The Kier molecular flexibility index (Phi) is 6.78. The molecule has 3 aromatic rings. The van der Waals surface area contributed by atoms with E-state index in [-0.39, 0.29) is 38.0 Å². The van der Waals surface area contributed by atoms with Crippen LogP contribution in [-0.2, 0) is 26.2 Å². The zero-order valence-electron chi connectivity index (χ0n) is 18.5. The maximum Gasteiger partial charge on any atom is 0.451 e. The van der Waals surface area contributed by atoms with E-state index in [0.717, 1.165) is 6.07 Å². The van der Waals surface area contributed by atoms with E-state index >= 15 is 0 Å². The monoisotopic (exact) mass is 542 g/mol. The fraction of sp³-hybridized carbons (Fsp3) is 0.238. The molecule has 2 aromatic carbocycles. The van der Waals surface area contributed by atoms with E-state index < -0.39 is 32.0 Å². The summed E-state index contributed by atoms with van der Waals surface area (Å²) in [5, 5.41) is 13.6. The minimum Gasteiger partial charge on any atom is -0.353 e. The Balaban J connectivity index is 2.10. The SMILES string of the molecule is NS(=O)(=O)c1cccc(-c2nc(C(F)(F)F)nc(N3CCNCC3)c2-c2cccc(S(N)(=O)=O)c2)c1. The molecule has 0 amide bonds. The third kappa shape index (κ3) is 5.49. The first-order valence-corrected chi connectivity index (χ1v) is 13.6. The van der Waals surface area contributed by atoms with Crippen LogP contribution in [0.3, 0.4) is 0 Å². The molecule has 0 atom stereocenters. The van der Waals surface area contributed by atoms with E-state index in [9.17, 15) is 30.0 Å². The predicted molar refractivity (Wildman–Crippen MR) is 126 cm³/mol. The number of piperazine rings is 1. The zero-order valence-corrected chi connectivity index (χ0v) is 20.2. The van der Waals surface area contributed by atoms with Crippen molar-refractivity contribution in [1.29, 1.82) is 0 Å². The van der Waals surface area contributed by atoms with Crippen LogP contribution in [0.2, 0.25) is 0 Å². The summed E-state index contributed by atoms with van der Waals surface area (Å²) in [6, 6.07) is 10.3. The summed E-state index contributed by atoms with van der Waals surface area (Å²) in [5.41, 5.74) is 0.0338. The Hall–Kier alpha value is -3.11. The van der Waals surface area contributed by atoms with Crippen molar-refractivity contribution in [3.05, 3.63) is 54.4 Å². The van der Waals surface area contributed by atoms with Gasteiger partial charge in [-0.1, -0.05) is 24.3 Å². The van der Waals surface area contributed by atoms with Crippen LogP contribution < -0.4 is 20.5 Å². The quantitative estimate of drug-likeness (QED) is 0.437. The minimum atomic E-state index is -4.92. The second-order valence-electron chi connectivity index (χ2n) is 7.97. The number of nitrogens with two attached hydrogens (primary N) is 2. The third-order valence-corrected chi connectivity index (χ3v) is 7.27. The number of anilines is 1. The van der Waals surface area contributed by atoms with Gasteiger partial charge in [0, 0.05) is 31.7 Å². The van der Waals surface area contributed by atoms with Gasteiger partial charge in [0.25, 0.3) is 0 Å². The number of hydrogen-bond donors (Lipinski definition) is 3. The summed E-state index contributed by atoms with van der Waals surface area (Å²) in [4.78, 5) is 8.62. The van der Waals surface area contributed by atoms with Crippen molar-refractivity contribution in [1.82, 2.24) is 15.3 Å². The molecular weight excluding hydrogens is 521 g/mol. The number of hydrogen-bond acceptors (Lipinski definition) is 8. The van der Waals surface area contributed by atoms with Gasteiger partial charge in [0.15, 0.2) is 0 Å². The lowest BCUT2D eigenvalue weighted by molar-refractivity contribution is -0.144. The first-order valence-electron chi connectivity index (χ1n) is 10.5. The molecule has 0 aliphatic carbocycles. The van der Waals surface area contributed by atoms with E-state index in [1.165, 1.54) is 42.5 Å². The highest BCUT2D eigenvalue weighted by atomic mass is 32.2. The van der Waals surface area contributed by atoms with Crippen LogP contribution in [0, 0.1) is 0 Å². The Labute approximate surface area is 205 Å². The fourth-order valence-corrected chi connectivity index (χ4v) is 4.92. The Bertz CT molecular complexity index is 1520. The van der Waals surface area contributed by atoms with Gasteiger partial charge in [0.05, 0.1) is 21.0 Å². The summed E-state index contributed by atoms with van der Waals surface area (Å²) in [7, 11) is -8.33. The second kappa shape index (κ2) is 9.40. The van der Waals surface area contributed by atoms with Crippen LogP contribution in [0.1, 0.15) is 5.82 Å². The lowest BCUT2D eigenvalue weighted by Crippen LogP contribution is -2.44. The minimum absolute atomic E-state index is 0.0156. The predicted octanol–water partition coefficient (Wildman–Crippen LogP) is 1.53. The Morgan fingerprint density at radius 2 is 1.36 bits per heavy atom. The van der Waals surface area contributed by atoms with Gasteiger partial charge in [-0.25, -0.2) is 37.1 Å². The summed E-state index contributed by atoms with van der Waals surface area (Å²) >= 11 is 0. The first kappa shape index (κ1) is 26.0. The van der Waals surface area contributed by atoms with Crippen molar-refractivity contribution in [3.63, 3.8) is 0 Å². The standard InChI is InChI=1S/C21H21F3N6O4S2/c22-21(23,24)20-28-18(14-4-2-6-16(12-14)36(26,33)34)17(19(29-20)30-9-7-27-8-10-30)13-3-1-5-15(11-13)35(25,31)32/h1-6,11-12,27H,7-10H2,(H2,25,31,32)(H2,26,33,34). The van der Waals surface area contributed by atoms with Crippen LogP contribution in [-0.4, -0.2) is 53.0 Å². The number of halogens is 3. The maximum absolute atomic E-state index is 13.9. The van der Waals surface area contributed by atoms with E-state index in [2.05, 4.69) is 15.3 Å². The summed E-state index contributed by atoms with van der Waals surface area (Å²) in [6.07, 6.45) is -4.92. The maximum atomic E-state index is 13.9. The van der Waals surface area contributed by atoms with E-state index in [0.29, 0.717) is 26.2 Å². The molecule has 1 fully saturated rings. The number of primary sulfonamides is 2. The molecule has 0 saturated carbocycles. The molecule has 0 radical (unpaired) electrons. The van der Waals surface area contributed by atoms with Crippen molar-refractivity contribution in [2.75, 3.05) is 31.1 Å². The molecule has 10 nitrogen and oxygen atoms in total. The molecule has 1 aliphatic heterocycles. The van der Waals surface area contributed by atoms with Crippen LogP contribution in [0.25, 0.3) is 22.4 Å². The van der Waals surface area contributed by atoms with Gasteiger partial charge in [0.2, 0.25) is 25.9 Å². The molecule has 0 unspecified atom stereocenters. The number of sulfonamides is 2. The summed E-state index contributed by atoms with van der Waals surface area (Å²) in [6.45, 7) is 1.57. The number of benzene rings is 2. The molecule has 15 heteroatoms. The summed E-state index contributed by atoms with van der Waals surface area (Å²) < 4.78 is 89.5. The van der Waals surface area contributed by atoms with Crippen LogP contribution in [0.4, 0.5) is 19.0 Å². The topological polar surface area (TPSA) is 161 Å². The Morgan fingerprint density at radius 3 is 1.89 bits per heavy atom. The van der Waals surface area contributed by atoms with Gasteiger partial charge in [-0.2, -0.15) is 13.2 Å². The van der Waals surface area contributed by atoms with Gasteiger partial charge in [-0.3, -0.25) is 0 Å². The molecule has 1 saturated heterocycles. The zero-order chi connectivity index (χ0) is 26.3. The number of aromatic nitrogens is 2. The van der Waals surface area contributed by atoms with Gasteiger partial charge < -0.3 is 10.2 Å². The van der Waals surface area contributed by atoms with Gasteiger partial charge >= 0.3 is 6.18 Å². The normalized spacial score (nSPS) is 15.2. The molecule has 4 rings (SSSR count). The van der Waals surface area contributed by atoms with Gasteiger partial charge in [-0.05, 0) is 29.8 Å². The fourth-order valence-electron chi connectivity index (χ4n) is 3.80. The molecule has 1 aliphatic rings. The number of rotatable bonds is 5. The summed E-state index contributed by atoms with van der Waals surface area (Å²) in [5.74, 6) is -1.51. The van der Waals surface area contributed by atoms with Crippen molar-refractivity contribution < 1.29 is 30.0 Å². The lowest BCUT2D eigenvalue weighted by Gasteiger charge is -2.31. The molecule has 2 heterocycles. The average molecular weight is 543 g/mol. The van der Waals surface area contributed by atoms with Crippen LogP contribution in [0.15, 0.2) is 58.3 Å². The molecule has 0 bridgehead atoms. The molecule has 1 aromatic heterocycles. The van der Waals surface area contributed by atoms with Crippen LogP contribution >= 0.6 is 0 Å². The van der Waals surface area contributed by atoms with Crippen molar-refractivity contribution in [2.24, 2.45) is 10.3 Å². The number of alkyl halides is 3. The van der Waals surface area contributed by atoms with Crippen molar-refractivity contribution >= 4 is 25.9 Å². The highest BCUT2D eigenvalue weighted by molar-refractivity contribution is 7.89. The first-order chi connectivity index (χ1) is 16.7. The van der Waals surface area contributed by atoms with Crippen molar-refractivity contribution in [3.8, 4) is 22.4 Å². The van der Waals surface area contributed by atoms with E-state index in [1.54, 1.807) is 4.90 Å².